The van der Waals surface area contributed by atoms with Crippen LogP contribution < -0.4 is 10.6 Å². The van der Waals surface area contributed by atoms with E-state index in [0.717, 1.165) is 21.2 Å². The van der Waals surface area contributed by atoms with Gasteiger partial charge in [-0.3, -0.25) is 0 Å². The molecule has 2 nitrogen and oxygen atoms in total. The van der Waals surface area contributed by atoms with E-state index in [4.69, 9.17) is 5.73 Å². The van der Waals surface area contributed by atoms with Crippen LogP contribution in [0, 0.1) is 0 Å². The summed E-state index contributed by atoms with van der Waals surface area (Å²) in [6.45, 7) is 3.41. The van der Waals surface area contributed by atoms with Crippen molar-refractivity contribution < 1.29 is 0 Å². The summed E-state index contributed by atoms with van der Waals surface area (Å²) in [6, 6.07) is 4.55. The van der Waals surface area contributed by atoms with E-state index in [1.165, 1.54) is 24.9 Å². The molecule has 0 bridgehead atoms. The molecule has 0 saturated carbocycles. The average molecular weight is 348 g/mol. The van der Waals surface area contributed by atoms with Crippen molar-refractivity contribution in [2.75, 3.05) is 17.2 Å². The Labute approximate surface area is 113 Å². The topological polar surface area (TPSA) is 29.3 Å². The summed E-state index contributed by atoms with van der Waals surface area (Å²) in [5.74, 6) is 0. The molecular formula is C12H16Br2N2. The van der Waals surface area contributed by atoms with Crippen LogP contribution in [-0.4, -0.2) is 12.6 Å². The normalized spacial score (nSPS) is 21.2. The Balaban J connectivity index is 2.38. The molecule has 1 unspecified atom stereocenters. The largest absolute Gasteiger partial charge is 0.399 e. The lowest BCUT2D eigenvalue weighted by Gasteiger charge is -2.36. The molecule has 1 aliphatic rings. The molecule has 1 atom stereocenters. The molecule has 1 saturated heterocycles. The fraction of sp³-hybridized carbons (Fsp3) is 0.500. The highest BCUT2D eigenvalue weighted by Gasteiger charge is 2.22. The lowest BCUT2D eigenvalue weighted by atomic mass is 10.0. The predicted molar refractivity (Wildman–Crippen MR) is 76.9 cm³/mol. The lowest BCUT2D eigenvalue weighted by Crippen LogP contribution is -2.37. The molecule has 16 heavy (non-hydrogen) atoms. The van der Waals surface area contributed by atoms with Crippen molar-refractivity contribution in [3.05, 3.63) is 21.1 Å². The van der Waals surface area contributed by atoms with Gasteiger partial charge in [-0.25, -0.2) is 0 Å². The number of halogens is 2. The third-order valence-electron chi connectivity index (χ3n) is 3.13. The summed E-state index contributed by atoms with van der Waals surface area (Å²) in [7, 11) is 0. The van der Waals surface area contributed by atoms with Gasteiger partial charge in [0.2, 0.25) is 0 Å². The second-order valence-electron chi connectivity index (χ2n) is 4.37. The summed E-state index contributed by atoms with van der Waals surface area (Å²) >= 11 is 7.22. The molecule has 0 amide bonds. The predicted octanol–water partition coefficient (Wildman–Crippen LogP) is 4.17. The second kappa shape index (κ2) is 4.96. The van der Waals surface area contributed by atoms with Gasteiger partial charge in [-0.05, 0) is 70.2 Å². The summed E-state index contributed by atoms with van der Waals surface area (Å²) < 4.78 is 2.15. The molecule has 0 aromatic heterocycles. The molecule has 1 aromatic rings. The molecule has 2 rings (SSSR count). The van der Waals surface area contributed by atoms with E-state index in [0.29, 0.717) is 6.04 Å². The van der Waals surface area contributed by atoms with E-state index in [9.17, 15) is 0 Å². The molecule has 4 heteroatoms. The van der Waals surface area contributed by atoms with Gasteiger partial charge in [0.05, 0.1) is 5.69 Å². The molecule has 1 heterocycles. The van der Waals surface area contributed by atoms with Crippen molar-refractivity contribution in [3.63, 3.8) is 0 Å². The number of anilines is 2. The second-order valence-corrected chi connectivity index (χ2v) is 6.08. The third-order valence-corrected chi connectivity index (χ3v) is 4.34. The number of rotatable bonds is 1. The highest BCUT2D eigenvalue weighted by molar-refractivity contribution is 9.11. The lowest BCUT2D eigenvalue weighted by molar-refractivity contribution is 0.484. The van der Waals surface area contributed by atoms with Crippen molar-refractivity contribution in [2.24, 2.45) is 0 Å². The number of nitrogen functional groups attached to an aromatic ring is 1. The van der Waals surface area contributed by atoms with E-state index in [2.05, 4.69) is 43.7 Å². The first-order valence-corrected chi connectivity index (χ1v) is 7.19. The van der Waals surface area contributed by atoms with E-state index < -0.39 is 0 Å². The van der Waals surface area contributed by atoms with Crippen molar-refractivity contribution in [2.45, 2.75) is 32.2 Å². The Morgan fingerprint density at radius 1 is 1.25 bits per heavy atom. The van der Waals surface area contributed by atoms with Crippen molar-refractivity contribution in [1.82, 2.24) is 0 Å². The number of nitrogens with two attached hydrogens (primary N) is 1. The standard InChI is InChI=1S/C12H16Br2N2/c1-8-4-2-3-5-16(8)12-10(13)6-9(15)7-11(12)14/h6-8H,2-5,15H2,1H3. The zero-order valence-electron chi connectivity index (χ0n) is 9.34. The average Bonchev–Trinajstić information content (AvgIpc) is 2.19. The minimum absolute atomic E-state index is 0.602. The minimum atomic E-state index is 0.602. The maximum absolute atomic E-state index is 5.81. The summed E-state index contributed by atoms with van der Waals surface area (Å²) in [6.07, 6.45) is 3.87. The zero-order valence-corrected chi connectivity index (χ0v) is 12.5. The molecule has 1 aromatic carbocycles. The Hall–Kier alpha value is -0.220. The summed E-state index contributed by atoms with van der Waals surface area (Å²) in [5.41, 5.74) is 7.84. The molecule has 88 valence electrons. The number of benzene rings is 1. The van der Waals surface area contributed by atoms with Gasteiger partial charge >= 0.3 is 0 Å². The molecule has 1 fully saturated rings. The smallest absolute Gasteiger partial charge is 0.0658 e. The fourth-order valence-corrected chi connectivity index (χ4v) is 3.97. The highest BCUT2D eigenvalue weighted by atomic mass is 79.9. The molecule has 0 spiro atoms. The summed E-state index contributed by atoms with van der Waals surface area (Å²) in [5, 5.41) is 0. The van der Waals surface area contributed by atoms with Crippen LogP contribution in [0.25, 0.3) is 0 Å². The molecule has 1 aliphatic heterocycles. The van der Waals surface area contributed by atoms with Gasteiger partial charge in [-0.2, -0.15) is 0 Å². The first-order chi connectivity index (χ1) is 7.59. The molecule has 0 aliphatic carbocycles. The van der Waals surface area contributed by atoms with Crippen LogP contribution in [0.3, 0.4) is 0 Å². The number of piperidine rings is 1. The van der Waals surface area contributed by atoms with Gasteiger partial charge in [0.1, 0.15) is 0 Å². The van der Waals surface area contributed by atoms with Crippen LogP contribution in [0.5, 0.6) is 0 Å². The van der Waals surface area contributed by atoms with Gasteiger partial charge in [0.15, 0.2) is 0 Å². The van der Waals surface area contributed by atoms with Crippen LogP contribution in [-0.2, 0) is 0 Å². The van der Waals surface area contributed by atoms with Crippen molar-refractivity contribution >= 4 is 43.2 Å². The summed E-state index contributed by atoms with van der Waals surface area (Å²) in [4.78, 5) is 2.46. The Bertz CT molecular complexity index is 370. The molecule has 2 N–H and O–H groups in total. The van der Waals surface area contributed by atoms with Crippen LogP contribution >= 0.6 is 31.9 Å². The quantitative estimate of drug-likeness (QED) is 0.772. The number of hydrogen-bond acceptors (Lipinski definition) is 2. The molecular weight excluding hydrogens is 332 g/mol. The van der Waals surface area contributed by atoms with Gasteiger partial charge < -0.3 is 10.6 Å². The van der Waals surface area contributed by atoms with Crippen molar-refractivity contribution in [3.8, 4) is 0 Å². The van der Waals surface area contributed by atoms with Crippen LogP contribution in [0.1, 0.15) is 26.2 Å². The van der Waals surface area contributed by atoms with Crippen LogP contribution in [0.4, 0.5) is 11.4 Å². The van der Waals surface area contributed by atoms with E-state index in [1.54, 1.807) is 0 Å². The van der Waals surface area contributed by atoms with Crippen LogP contribution in [0.2, 0.25) is 0 Å². The van der Waals surface area contributed by atoms with Gasteiger partial charge in [0, 0.05) is 27.2 Å². The zero-order chi connectivity index (χ0) is 11.7. The van der Waals surface area contributed by atoms with E-state index >= 15 is 0 Å². The van der Waals surface area contributed by atoms with Gasteiger partial charge in [-0.1, -0.05) is 0 Å². The van der Waals surface area contributed by atoms with Crippen LogP contribution in [0.15, 0.2) is 21.1 Å². The SMILES string of the molecule is CC1CCCCN1c1c(Br)cc(N)cc1Br. The third kappa shape index (κ3) is 2.38. The monoisotopic (exact) mass is 346 g/mol. The Morgan fingerprint density at radius 2 is 1.88 bits per heavy atom. The maximum Gasteiger partial charge on any atom is 0.0658 e. The number of nitrogens with zero attached hydrogens (tertiary/aromatic N) is 1. The molecule has 0 radical (unpaired) electrons. The van der Waals surface area contributed by atoms with Gasteiger partial charge in [-0.15, -0.1) is 0 Å². The fourth-order valence-electron chi connectivity index (χ4n) is 2.29. The minimum Gasteiger partial charge on any atom is -0.399 e. The van der Waals surface area contributed by atoms with Crippen molar-refractivity contribution in [1.29, 1.82) is 0 Å². The maximum atomic E-state index is 5.81. The first-order valence-electron chi connectivity index (χ1n) is 5.60. The van der Waals surface area contributed by atoms with E-state index in [1.807, 2.05) is 12.1 Å². The Kier molecular flexibility index (Phi) is 3.80. The Morgan fingerprint density at radius 3 is 2.44 bits per heavy atom. The van der Waals surface area contributed by atoms with E-state index in [-0.39, 0.29) is 0 Å². The highest BCUT2D eigenvalue weighted by Crippen LogP contribution is 2.39. The van der Waals surface area contributed by atoms with Gasteiger partial charge in [0.25, 0.3) is 0 Å². The first kappa shape index (κ1) is 12.2. The number of hydrogen-bond donors (Lipinski definition) is 1.